The van der Waals surface area contributed by atoms with Crippen molar-refractivity contribution in [1.82, 2.24) is 4.90 Å². The Kier molecular flexibility index (Phi) is 3.47. The summed E-state index contributed by atoms with van der Waals surface area (Å²) in [7, 11) is -3.44. The summed E-state index contributed by atoms with van der Waals surface area (Å²) in [6.07, 6.45) is 2.01. The molecule has 1 aromatic carbocycles. The Hall–Kier alpha value is -1.56. The van der Waals surface area contributed by atoms with E-state index in [2.05, 4.69) is 0 Å². The molecule has 5 nitrogen and oxygen atoms in total. The van der Waals surface area contributed by atoms with Crippen LogP contribution in [0.3, 0.4) is 0 Å². The summed E-state index contributed by atoms with van der Waals surface area (Å²) < 4.78 is 23.6. The van der Waals surface area contributed by atoms with Crippen molar-refractivity contribution >= 4 is 15.7 Å². The number of hydrogen-bond donors (Lipinski definition) is 1. The fourth-order valence-electron chi connectivity index (χ4n) is 3.01. The van der Waals surface area contributed by atoms with Gasteiger partial charge in [0, 0.05) is 13.1 Å². The average molecular weight is 323 g/mol. The van der Waals surface area contributed by atoms with Gasteiger partial charge in [0.05, 0.1) is 5.25 Å². The number of rotatable bonds is 3. The van der Waals surface area contributed by atoms with E-state index in [-0.39, 0.29) is 16.9 Å². The van der Waals surface area contributed by atoms with Gasteiger partial charge in [-0.1, -0.05) is 6.07 Å². The zero-order valence-corrected chi connectivity index (χ0v) is 13.7. The zero-order valence-electron chi connectivity index (χ0n) is 12.9. The molecule has 0 radical (unpaired) electrons. The van der Waals surface area contributed by atoms with E-state index in [1.54, 1.807) is 17.0 Å². The highest BCUT2D eigenvalue weighted by Crippen LogP contribution is 2.37. The van der Waals surface area contributed by atoms with Crippen LogP contribution in [-0.2, 0) is 27.6 Å². The standard InChI is InChI=1S/C16H21NO4S/c1-16(2,22(20,21)14-5-6-14)15(19)17-8-7-11-3-4-13(18)9-12(11)10-17/h3-4,9,14,18H,5-8,10H2,1-2H3. The molecule has 0 bridgehead atoms. The number of aromatic hydroxyl groups is 1. The van der Waals surface area contributed by atoms with Crippen molar-refractivity contribution in [2.24, 2.45) is 0 Å². The summed E-state index contributed by atoms with van der Waals surface area (Å²) in [6, 6.07) is 5.15. The number of phenols is 1. The predicted octanol–water partition coefficient (Wildman–Crippen LogP) is 1.63. The molecule has 22 heavy (non-hydrogen) atoms. The van der Waals surface area contributed by atoms with Crippen LogP contribution < -0.4 is 0 Å². The van der Waals surface area contributed by atoms with Crippen molar-refractivity contribution in [3.63, 3.8) is 0 Å². The number of carbonyl (C=O) groups excluding carboxylic acids is 1. The lowest BCUT2D eigenvalue weighted by Gasteiger charge is -2.35. The van der Waals surface area contributed by atoms with Gasteiger partial charge in [-0.05, 0) is 56.4 Å². The molecule has 1 saturated carbocycles. The van der Waals surface area contributed by atoms with Gasteiger partial charge in [-0.25, -0.2) is 8.42 Å². The molecule has 0 unspecified atom stereocenters. The normalized spacial score (nSPS) is 18.9. The molecule has 3 rings (SSSR count). The molecule has 1 aliphatic heterocycles. The third kappa shape index (κ3) is 2.39. The van der Waals surface area contributed by atoms with Gasteiger partial charge in [-0.15, -0.1) is 0 Å². The molecule has 1 heterocycles. The van der Waals surface area contributed by atoms with E-state index in [1.807, 2.05) is 6.07 Å². The summed E-state index contributed by atoms with van der Waals surface area (Å²) >= 11 is 0. The highest BCUT2D eigenvalue weighted by molar-refractivity contribution is 7.94. The Labute approximate surface area is 130 Å². The fourth-order valence-corrected chi connectivity index (χ4v) is 4.98. The maximum Gasteiger partial charge on any atom is 0.243 e. The highest BCUT2D eigenvalue weighted by Gasteiger charge is 2.51. The summed E-state index contributed by atoms with van der Waals surface area (Å²) in [4.78, 5) is 14.4. The number of sulfone groups is 1. The molecule has 1 aliphatic carbocycles. The van der Waals surface area contributed by atoms with Crippen LogP contribution in [0.25, 0.3) is 0 Å². The molecule has 1 N–H and O–H groups in total. The quantitative estimate of drug-likeness (QED) is 0.917. The van der Waals surface area contributed by atoms with E-state index in [9.17, 15) is 18.3 Å². The lowest BCUT2D eigenvalue weighted by molar-refractivity contribution is -0.134. The van der Waals surface area contributed by atoms with Crippen LogP contribution >= 0.6 is 0 Å². The average Bonchev–Trinajstić information content (AvgIpc) is 3.30. The van der Waals surface area contributed by atoms with Gasteiger partial charge in [0.2, 0.25) is 5.91 Å². The van der Waals surface area contributed by atoms with Crippen molar-refractivity contribution in [3.8, 4) is 5.75 Å². The zero-order chi connectivity index (χ0) is 16.1. The third-order valence-corrected chi connectivity index (χ3v) is 7.63. The second-order valence-corrected chi connectivity index (χ2v) is 9.46. The number of hydrogen-bond acceptors (Lipinski definition) is 4. The van der Waals surface area contributed by atoms with E-state index in [0.29, 0.717) is 32.4 Å². The first kappa shape index (κ1) is 15.3. The van der Waals surface area contributed by atoms with Gasteiger partial charge in [0.1, 0.15) is 10.5 Å². The minimum absolute atomic E-state index is 0.165. The van der Waals surface area contributed by atoms with Gasteiger partial charge in [0.15, 0.2) is 9.84 Å². The van der Waals surface area contributed by atoms with Gasteiger partial charge in [-0.2, -0.15) is 0 Å². The lowest BCUT2D eigenvalue weighted by Crippen LogP contribution is -2.52. The minimum Gasteiger partial charge on any atom is -0.508 e. The smallest absolute Gasteiger partial charge is 0.243 e. The molecule has 120 valence electrons. The van der Waals surface area contributed by atoms with E-state index in [0.717, 1.165) is 11.1 Å². The van der Waals surface area contributed by atoms with Crippen molar-refractivity contribution in [3.05, 3.63) is 29.3 Å². The Morgan fingerprint density at radius 3 is 2.59 bits per heavy atom. The Balaban J connectivity index is 1.84. The number of nitrogens with zero attached hydrogens (tertiary/aromatic N) is 1. The monoisotopic (exact) mass is 323 g/mol. The maximum atomic E-state index is 12.8. The lowest BCUT2D eigenvalue weighted by atomic mass is 9.98. The van der Waals surface area contributed by atoms with Crippen molar-refractivity contribution < 1.29 is 18.3 Å². The first-order valence-corrected chi connectivity index (χ1v) is 9.11. The molecule has 2 aliphatic rings. The number of phenolic OH excluding ortho intramolecular Hbond substituents is 1. The maximum absolute atomic E-state index is 12.8. The van der Waals surface area contributed by atoms with Crippen LogP contribution in [0.5, 0.6) is 5.75 Å². The molecule has 1 aromatic rings. The molecular formula is C16H21NO4S. The van der Waals surface area contributed by atoms with Crippen LogP contribution in [0.4, 0.5) is 0 Å². The van der Waals surface area contributed by atoms with Crippen LogP contribution in [0.2, 0.25) is 0 Å². The van der Waals surface area contributed by atoms with Gasteiger partial charge >= 0.3 is 0 Å². The fraction of sp³-hybridized carbons (Fsp3) is 0.562. The van der Waals surface area contributed by atoms with Crippen LogP contribution in [0, 0.1) is 0 Å². The van der Waals surface area contributed by atoms with Crippen LogP contribution in [0.15, 0.2) is 18.2 Å². The second-order valence-electron chi connectivity index (χ2n) is 6.68. The highest BCUT2D eigenvalue weighted by atomic mass is 32.2. The topological polar surface area (TPSA) is 74.7 Å². The first-order chi connectivity index (χ1) is 10.2. The van der Waals surface area contributed by atoms with E-state index in [1.165, 1.54) is 13.8 Å². The molecule has 1 fully saturated rings. The largest absolute Gasteiger partial charge is 0.508 e. The van der Waals surface area contributed by atoms with Crippen LogP contribution in [0.1, 0.15) is 37.8 Å². The predicted molar refractivity (Wildman–Crippen MR) is 83.2 cm³/mol. The summed E-state index contributed by atoms with van der Waals surface area (Å²) in [5.41, 5.74) is 1.99. The number of amides is 1. The summed E-state index contributed by atoms with van der Waals surface area (Å²) in [6.45, 7) is 3.90. The molecule has 0 spiro atoms. The Morgan fingerprint density at radius 2 is 1.95 bits per heavy atom. The summed E-state index contributed by atoms with van der Waals surface area (Å²) in [5, 5.41) is 9.23. The van der Waals surface area contributed by atoms with E-state index in [4.69, 9.17) is 0 Å². The van der Waals surface area contributed by atoms with E-state index < -0.39 is 14.6 Å². The van der Waals surface area contributed by atoms with Gasteiger partial charge in [-0.3, -0.25) is 4.79 Å². The number of carbonyl (C=O) groups is 1. The Morgan fingerprint density at radius 1 is 1.27 bits per heavy atom. The second kappa shape index (κ2) is 4.98. The van der Waals surface area contributed by atoms with Crippen molar-refractivity contribution in [2.75, 3.05) is 6.54 Å². The third-order valence-electron chi connectivity index (χ3n) is 4.68. The molecule has 0 saturated heterocycles. The number of fused-ring (bicyclic) bond motifs is 1. The van der Waals surface area contributed by atoms with Gasteiger partial charge in [0.25, 0.3) is 0 Å². The molecule has 0 atom stereocenters. The number of benzene rings is 1. The van der Waals surface area contributed by atoms with Crippen molar-refractivity contribution in [1.29, 1.82) is 0 Å². The molecule has 1 amide bonds. The first-order valence-electron chi connectivity index (χ1n) is 7.57. The van der Waals surface area contributed by atoms with Gasteiger partial charge < -0.3 is 10.0 Å². The summed E-state index contributed by atoms with van der Waals surface area (Å²) in [5.74, 6) is -0.175. The van der Waals surface area contributed by atoms with E-state index >= 15 is 0 Å². The molecule has 0 aromatic heterocycles. The molecule has 6 heteroatoms. The minimum atomic E-state index is -3.44. The SMILES string of the molecule is CC(C)(C(=O)N1CCc2ccc(O)cc2C1)S(=O)(=O)C1CC1. The van der Waals surface area contributed by atoms with Crippen LogP contribution in [-0.4, -0.2) is 40.9 Å². The Bertz CT molecular complexity index is 720. The molecular weight excluding hydrogens is 302 g/mol. The van der Waals surface area contributed by atoms with Crippen molar-refractivity contribution in [2.45, 2.75) is 49.7 Å².